The Labute approximate surface area is 228 Å². The summed E-state index contributed by atoms with van der Waals surface area (Å²) in [6.07, 6.45) is -3.23. The lowest BCUT2D eigenvalue weighted by Crippen LogP contribution is -2.53. The fraction of sp³-hybridized carbons (Fsp3) is 0.458. The topological polar surface area (TPSA) is 60.9 Å². The van der Waals surface area contributed by atoms with E-state index in [1.165, 1.54) is 28.2 Å². The highest BCUT2D eigenvalue weighted by molar-refractivity contribution is 7.99. The smallest absolute Gasteiger partial charge is 0.324 e. The highest BCUT2D eigenvalue weighted by atomic mass is 35.5. The van der Waals surface area contributed by atoms with E-state index in [9.17, 15) is 26.4 Å². The lowest BCUT2D eigenvalue weighted by atomic mass is 9.90. The normalized spacial score (nSPS) is 21.5. The molecule has 2 aliphatic rings. The molecule has 0 saturated carbocycles. The Morgan fingerprint density at radius 3 is 2.19 bits per heavy atom. The molecule has 0 aromatic heterocycles. The van der Waals surface area contributed by atoms with Gasteiger partial charge in [-0.2, -0.15) is 17.5 Å². The van der Waals surface area contributed by atoms with E-state index in [2.05, 4.69) is 0 Å². The number of sulfonamides is 1. The molecule has 202 valence electrons. The fourth-order valence-corrected chi connectivity index (χ4v) is 6.88. The second-order valence-electron chi connectivity index (χ2n) is 9.21. The molecule has 0 spiro atoms. The van der Waals surface area contributed by atoms with Crippen molar-refractivity contribution in [1.82, 2.24) is 14.1 Å². The highest BCUT2D eigenvalue weighted by Gasteiger charge is 2.39. The van der Waals surface area contributed by atoms with Crippen LogP contribution in [0.15, 0.2) is 47.4 Å². The predicted molar refractivity (Wildman–Crippen MR) is 140 cm³/mol. The molecule has 2 heterocycles. The zero-order valence-corrected chi connectivity index (χ0v) is 23.1. The largest absolute Gasteiger partial charge is 0.416 e. The molecule has 2 aromatic carbocycles. The van der Waals surface area contributed by atoms with Crippen LogP contribution in [0.2, 0.25) is 10.0 Å². The van der Waals surface area contributed by atoms with E-state index in [1.54, 1.807) is 21.9 Å². The van der Waals surface area contributed by atoms with Crippen LogP contribution in [0.5, 0.6) is 0 Å². The number of amides is 2. The van der Waals surface area contributed by atoms with Crippen molar-refractivity contribution in [3.63, 3.8) is 0 Å². The van der Waals surface area contributed by atoms with E-state index < -0.39 is 21.8 Å². The number of halogens is 5. The first-order valence-corrected chi connectivity index (χ1v) is 15.2. The number of carbonyl (C=O) groups is 1. The summed E-state index contributed by atoms with van der Waals surface area (Å²) in [5.41, 5.74) is 0.240. The standard InChI is InChI=1S/C24H26Cl2F3N3O3S2/c1-37(34,35)32-10-8-30(9-11-32)23(33)31-13-17(20(14-31)16-2-7-21(25)22(26)12-16)15-36-19-5-3-18(4-6-19)24(27,28)29/h2-7,12,17,20H,8-11,13-15H2,1H3/t17-,20-/m1/s1. The molecule has 2 amide bonds. The second kappa shape index (κ2) is 11.2. The van der Waals surface area contributed by atoms with Gasteiger partial charge in [0.25, 0.3) is 0 Å². The monoisotopic (exact) mass is 595 g/mol. The quantitative estimate of drug-likeness (QED) is 0.427. The number of benzene rings is 2. The summed E-state index contributed by atoms with van der Waals surface area (Å²) in [4.78, 5) is 17.5. The number of hydrogen-bond donors (Lipinski definition) is 0. The maximum atomic E-state index is 13.3. The first-order chi connectivity index (χ1) is 17.3. The summed E-state index contributed by atoms with van der Waals surface area (Å²) in [5.74, 6) is 0.561. The van der Waals surface area contributed by atoms with Crippen LogP contribution in [0.4, 0.5) is 18.0 Å². The second-order valence-corrected chi connectivity index (χ2v) is 13.1. The number of nitrogens with zero attached hydrogens (tertiary/aromatic N) is 3. The average Bonchev–Trinajstić information content (AvgIpc) is 3.27. The first-order valence-electron chi connectivity index (χ1n) is 11.6. The maximum Gasteiger partial charge on any atom is 0.416 e. The van der Waals surface area contributed by atoms with Crippen molar-refractivity contribution in [3.8, 4) is 0 Å². The summed E-state index contributed by atoms with van der Waals surface area (Å²) in [6.45, 7) is 2.03. The molecule has 2 aliphatic heterocycles. The number of thioether (sulfide) groups is 1. The number of piperazine rings is 1. The third-order valence-electron chi connectivity index (χ3n) is 6.71. The lowest BCUT2D eigenvalue weighted by molar-refractivity contribution is -0.137. The van der Waals surface area contributed by atoms with Gasteiger partial charge in [0.05, 0.1) is 21.9 Å². The molecule has 0 aliphatic carbocycles. The van der Waals surface area contributed by atoms with Gasteiger partial charge in [0.2, 0.25) is 10.0 Å². The van der Waals surface area contributed by atoms with E-state index in [4.69, 9.17) is 23.2 Å². The molecule has 2 saturated heterocycles. The van der Waals surface area contributed by atoms with Crippen molar-refractivity contribution in [2.45, 2.75) is 17.0 Å². The van der Waals surface area contributed by atoms with Crippen molar-refractivity contribution in [3.05, 3.63) is 63.6 Å². The summed E-state index contributed by atoms with van der Waals surface area (Å²) in [6, 6.07) is 10.3. The zero-order chi connectivity index (χ0) is 27.0. The predicted octanol–water partition coefficient (Wildman–Crippen LogP) is 5.52. The Balaban J connectivity index is 1.47. The maximum absolute atomic E-state index is 13.3. The fourth-order valence-electron chi connectivity index (χ4n) is 4.67. The van der Waals surface area contributed by atoms with Crippen LogP contribution in [0, 0.1) is 5.92 Å². The molecule has 0 radical (unpaired) electrons. The first kappa shape index (κ1) is 28.4. The van der Waals surface area contributed by atoms with Crippen molar-refractivity contribution in [2.24, 2.45) is 5.92 Å². The molecular formula is C24H26Cl2F3N3O3S2. The van der Waals surface area contributed by atoms with E-state index in [-0.39, 0.29) is 31.0 Å². The molecule has 0 unspecified atom stereocenters. The molecule has 0 bridgehead atoms. The Kier molecular flexibility index (Phi) is 8.59. The molecule has 2 fully saturated rings. The SMILES string of the molecule is CS(=O)(=O)N1CCN(C(=O)N2C[C@H](CSc3ccc(C(F)(F)F)cc3)[C@@H](c3ccc(Cl)c(Cl)c3)C2)CC1. The lowest BCUT2D eigenvalue weighted by Gasteiger charge is -2.35. The Hall–Kier alpha value is -1.66. The van der Waals surface area contributed by atoms with E-state index in [0.717, 1.165) is 24.0 Å². The number of alkyl halides is 3. The van der Waals surface area contributed by atoms with Crippen LogP contribution in [0.3, 0.4) is 0 Å². The van der Waals surface area contributed by atoms with Crippen molar-refractivity contribution in [1.29, 1.82) is 0 Å². The molecular weight excluding hydrogens is 570 g/mol. The van der Waals surface area contributed by atoms with E-state index in [0.29, 0.717) is 46.9 Å². The van der Waals surface area contributed by atoms with E-state index in [1.807, 2.05) is 6.07 Å². The van der Waals surface area contributed by atoms with Gasteiger partial charge in [0, 0.05) is 55.8 Å². The number of likely N-dealkylation sites (tertiary alicyclic amines) is 1. The molecule has 4 rings (SSSR count). The summed E-state index contributed by atoms with van der Waals surface area (Å²) >= 11 is 13.8. The van der Waals surface area contributed by atoms with Crippen LogP contribution < -0.4 is 0 Å². The van der Waals surface area contributed by atoms with Crippen LogP contribution in [-0.2, 0) is 16.2 Å². The number of carbonyl (C=O) groups excluding carboxylic acids is 1. The van der Waals surface area contributed by atoms with Gasteiger partial charge in [0.15, 0.2) is 0 Å². The van der Waals surface area contributed by atoms with Gasteiger partial charge >= 0.3 is 12.2 Å². The van der Waals surface area contributed by atoms with Crippen LogP contribution in [-0.4, -0.2) is 79.8 Å². The summed E-state index contributed by atoms with van der Waals surface area (Å²) in [5, 5.41) is 0.839. The number of urea groups is 1. The molecule has 13 heteroatoms. The van der Waals surface area contributed by atoms with Crippen molar-refractivity contribution in [2.75, 3.05) is 51.3 Å². The van der Waals surface area contributed by atoms with Crippen LogP contribution in [0.25, 0.3) is 0 Å². The summed E-state index contributed by atoms with van der Waals surface area (Å²) in [7, 11) is -3.31. The summed E-state index contributed by atoms with van der Waals surface area (Å²) < 4.78 is 63.7. The number of rotatable bonds is 5. The highest BCUT2D eigenvalue weighted by Crippen LogP contribution is 2.39. The number of hydrogen-bond acceptors (Lipinski definition) is 4. The van der Waals surface area contributed by atoms with Gasteiger partial charge in [-0.25, -0.2) is 13.2 Å². The van der Waals surface area contributed by atoms with Gasteiger partial charge in [-0.05, 0) is 47.9 Å². The third kappa shape index (κ3) is 6.86. The van der Waals surface area contributed by atoms with Crippen LogP contribution in [0.1, 0.15) is 17.0 Å². The minimum Gasteiger partial charge on any atom is -0.324 e. The molecule has 37 heavy (non-hydrogen) atoms. The zero-order valence-electron chi connectivity index (χ0n) is 19.9. The Morgan fingerprint density at radius 1 is 0.973 bits per heavy atom. The van der Waals surface area contributed by atoms with Gasteiger partial charge in [-0.3, -0.25) is 0 Å². The van der Waals surface area contributed by atoms with Crippen LogP contribution >= 0.6 is 35.0 Å². The van der Waals surface area contributed by atoms with Crippen molar-refractivity contribution < 1.29 is 26.4 Å². The third-order valence-corrected chi connectivity index (χ3v) is 9.95. The van der Waals surface area contributed by atoms with Gasteiger partial charge in [-0.1, -0.05) is 29.3 Å². The molecule has 0 N–H and O–H groups in total. The molecule has 2 aromatic rings. The Morgan fingerprint density at radius 2 is 1.62 bits per heavy atom. The minimum absolute atomic E-state index is 0.0193. The van der Waals surface area contributed by atoms with Gasteiger partial charge < -0.3 is 9.80 Å². The van der Waals surface area contributed by atoms with E-state index >= 15 is 0 Å². The van der Waals surface area contributed by atoms with Gasteiger partial charge in [-0.15, -0.1) is 11.8 Å². The molecule has 6 nitrogen and oxygen atoms in total. The molecule has 2 atom stereocenters. The van der Waals surface area contributed by atoms with Crippen molar-refractivity contribution >= 4 is 51.0 Å². The average molecular weight is 597 g/mol. The Bertz CT molecular complexity index is 1240. The minimum atomic E-state index is -4.39. The van der Waals surface area contributed by atoms with Gasteiger partial charge in [0.1, 0.15) is 0 Å².